The maximum absolute atomic E-state index is 12.8. The second-order valence-electron chi connectivity index (χ2n) is 6.45. The van der Waals surface area contributed by atoms with Crippen molar-refractivity contribution in [1.82, 2.24) is 10.2 Å². The molecule has 4 N–H and O–H groups in total. The van der Waals surface area contributed by atoms with Gasteiger partial charge in [0.15, 0.2) is 0 Å². The van der Waals surface area contributed by atoms with Gasteiger partial charge in [-0.15, -0.1) is 0 Å². The number of hydrogen-bond acceptors (Lipinski definition) is 4. The molecule has 0 radical (unpaired) electrons. The number of carboxylic acid groups (broad SMARTS) is 1. The van der Waals surface area contributed by atoms with Crippen LogP contribution in [0.4, 0.5) is 0 Å². The largest absolute Gasteiger partial charge is 0.480 e. The van der Waals surface area contributed by atoms with Crippen LogP contribution >= 0.6 is 0 Å². The summed E-state index contributed by atoms with van der Waals surface area (Å²) in [4.78, 5) is 37.2. The van der Waals surface area contributed by atoms with Crippen molar-refractivity contribution in [1.29, 1.82) is 0 Å². The molecule has 0 bridgehead atoms. The van der Waals surface area contributed by atoms with Crippen LogP contribution in [0.5, 0.6) is 0 Å². The lowest BCUT2D eigenvalue weighted by Crippen LogP contribution is -2.54. The van der Waals surface area contributed by atoms with E-state index in [0.717, 1.165) is 5.56 Å². The first-order valence-corrected chi connectivity index (χ1v) is 8.29. The van der Waals surface area contributed by atoms with Crippen LogP contribution < -0.4 is 11.1 Å². The first-order valence-electron chi connectivity index (χ1n) is 8.29. The Balaban J connectivity index is 2.95. The summed E-state index contributed by atoms with van der Waals surface area (Å²) in [6.45, 7) is 3.62. The Morgan fingerprint density at radius 2 is 1.80 bits per heavy atom. The first kappa shape index (κ1) is 20.6. The van der Waals surface area contributed by atoms with E-state index in [9.17, 15) is 19.5 Å². The maximum Gasteiger partial charge on any atom is 0.326 e. The predicted molar refractivity (Wildman–Crippen MR) is 94.8 cm³/mol. The second-order valence-corrected chi connectivity index (χ2v) is 6.45. The van der Waals surface area contributed by atoms with E-state index >= 15 is 0 Å². The fraction of sp³-hybridized carbons (Fsp3) is 0.500. The van der Waals surface area contributed by atoms with Gasteiger partial charge in [0, 0.05) is 13.5 Å². The van der Waals surface area contributed by atoms with Crippen molar-refractivity contribution < 1.29 is 19.5 Å². The third-order valence-electron chi connectivity index (χ3n) is 3.90. The Morgan fingerprint density at radius 3 is 2.28 bits per heavy atom. The number of nitrogens with one attached hydrogen (secondary N) is 1. The van der Waals surface area contributed by atoms with Crippen molar-refractivity contribution in [3.8, 4) is 0 Å². The van der Waals surface area contributed by atoms with Crippen LogP contribution in [0, 0.1) is 5.92 Å². The van der Waals surface area contributed by atoms with Crippen molar-refractivity contribution in [2.75, 3.05) is 13.6 Å². The number of likely N-dealkylation sites (N-methyl/N-ethyl adjacent to an activating group) is 1. The Kier molecular flexibility index (Phi) is 8.07. The fourth-order valence-corrected chi connectivity index (χ4v) is 2.57. The third-order valence-corrected chi connectivity index (χ3v) is 3.90. The molecule has 2 atom stereocenters. The summed E-state index contributed by atoms with van der Waals surface area (Å²) in [6.07, 6.45) is 0.601. The number of aliphatic carboxylic acids is 1. The molecular formula is C18H27N3O4. The highest BCUT2D eigenvalue weighted by molar-refractivity contribution is 5.90. The SMILES string of the molecule is CC(C)C[C@H](NC(=O)CN)C(=O)N(C)[C@@H](Cc1ccccc1)C(=O)O. The Bertz CT molecular complexity index is 589. The number of carbonyl (C=O) groups excluding carboxylic acids is 2. The van der Waals surface area contributed by atoms with Gasteiger partial charge in [0.2, 0.25) is 11.8 Å². The minimum atomic E-state index is -1.09. The smallest absolute Gasteiger partial charge is 0.326 e. The summed E-state index contributed by atoms with van der Waals surface area (Å²) in [5.74, 6) is -1.81. The van der Waals surface area contributed by atoms with E-state index in [1.165, 1.54) is 11.9 Å². The van der Waals surface area contributed by atoms with Crippen LogP contribution in [-0.4, -0.2) is 53.5 Å². The molecular weight excluding hydrogens is 322 g/mol. The molecule has 0 aliphatic rings. The number of benzene rings is 1. The molecule has 0 spiro atoms. The zero-order chi connectivity index (χ0) is 19.0. The molecule has 0 saturated carbocycles. The van der Waals surface area contributed by atoms with Crippen LogP contribution in [0.1, 0.15) is 25.8 Å². The minimum absolute atomic E-state index is 0.151. The van der Waals surface area contributed by atoms with E-state index < -0.39 is 29.9 Å². The van der Waals surface area contributed by atoms with Crippen LogP contribution in [0.15, 0.2) is 30.3 Å². The van der Waals surface area contributed by atoms with Crippen molar-refractivity contribution in [2.45, 2.75) is 38.8 Å². The second kappa shape index (κ2) is 9.78. The highest BCUT2D eigenvalue weighted by atomic mass is 16.4. The molecule has 0 aromatic heterocycles. The monoisotopic (exact) mass is 349 g/mol. The number of carboxylic acids is 1. The lowest BCUT2D eigenvalue weighted by Gasteiger charge is -2.30. The average molecular weight is 349 g/mol. The zero-order valence-corrected chi connectivity index (χ0v) is 14.9. The fourth-order valence-electron chi connectivity index (χ4n) is 2.57. The van der Waals surface area contributed by atoms with Crippen molar-refractivity contribution in [2.24, 2.45) is 11.7 Å². The first-order chi connectivity index (χ1) is 11.8. The lowest BCUT2D eigenvalue weighted by molar-refractivity contribution is -0.150. The van der Waals surface area contributed by atoms with Gasteiger partial charge in [-0.25, -0.2) is 4.79 Å². The van der Waals surface area contributed by atoms with Gasteiger partial charge < -0.3 is 21.1 Å². The van der Waals surface area contributed by atoms with E-state index in [4.69, 9.17) is 5.73 Å². The summed E-state index contributed by atoms with van der Waals surface area (Å²) >= 11 is 0. The summed E-state index contributed by atoms with van der Waals surface area (Å²) in [5, 5.41) is 12.1. The van der Waals surface area contributed by atoms with E-state index in [1.807, 2.05) is 44.2 Å². The van der Waals surface area contributed by atoms with Crippen molar-refractivity contribution in [3.63, 3.8) is 0 Å². The number of amides is 2. The molecule has 1 rings (SSSR count). The molecule has 0 saturated heterocycles. The Morgan fingerprint density at radius 1 is 1.20 bits per heavy atom. The molecule has 2 amide bonds. The number of carbonyl (C=O) groups is 3. The maximum atomic E-state index is 12.8. The summed E-state index contributed by atoms with van der Waals surface area (Å²) < 4.78 is 0. The molecule has 7 nitrogen and oxygen atoms in total. The molecule has 138 valence electrons. The van der Waals surface area contributed by atoms with Crippen LogP contribution in [-0.2, 0) is 20.8 Å². The average Bonchev–Trinajstić information content (AvgIpc) is 2.57. The summed E-state index contributed by atoms with van der Waals surface area (Å²) in [7, 11) is 1.45. The van der Waals surface area contributed by atoms with Gasteiger partial charge >= 0.3 is 5.97 Å². The quantitative estimate of drug-likeness (QED) is 0.605. The highest BCUT2D eigenvalue weighted by Crippen LogP contribution is 2.13. The van der Waals surface area contributed by atoms with E-state index in [1.54, 1.807) is 0 Å². The number of nitrogens with two attached hydrogens (primary N) is 1. The van der Waals surface area contributed by atoms with Crippen LogP contribution in [0.25, 0.3) is 0 Å². The summed E-state index contributed by atoms with van der Waals surface area (Å²) in [5.41, 5.74) is 6.13. The van der Waals surface area contributed by atoms with E-state index in [0.29, 0.717) is 6.42 Å². The zero-order valence-electron chi connectivity index (χ0n) is 14.9. The number of rotatable bonds is 9. The molecule has 0 aliphatic carbocycles. The topological polar surface area (TPSA) is 113 Å². The van der Waals surface area contributed by atoms with Gasteiger partial charge in [0.1, 0.15) is 12.1 Å². The van der Waals surface area contributed by atoms with Gasteiger partial charge in [0.05, 0.1) is 6.54 Å². The Hall–Kier alpha value is -2.41. The molecule has 0 aliphatic heterocycles. The third kappa shape index (κ3) is 6.54. The number of nitrogens with zero attached hydrogens (tertiary/aromatic N) is 1. The van der Waals surface area contributed by atoms with Gasteiger partial charge in [-0.1, -0.05) is 44.2 Å². The van der Waals surface area contributed by atoms with Gasteiger partial charge in [-0.05, 0) is 17.9 Å². The summed E-state index contributed by atoms with van der Waals surface area (Å²) in [6, 6.07) is 7.30. The minimum Gasteiger partial charge on any atom is -0.480 e. The lowest BCUT2D eigenvalue weighted by atomic mass is 10.00. The van der Waals surface area contributed by atoms with Gasteiger partial charge in [-0.2, -0.15) is 0 Å². The van der Waals surface area contributed by atoms with Crippen molar-refractivity contribution >= 4 is 17.8 Å². The highest BCUT2D eigenvalue weighted by Gasteiger charge is 2.32. The molecule has 0 heterocycles. The molecule has 1 aromatic rings. The molecule has 7 heteroatoms. The van der Waals surface area contributed by atoms with Crippen molar-refractivity contribution in [3.05, 3.63) is 35.9 Å². The van der Waals surface area contributed by atoms with Gasteiger partial charge in [0.25, 0.3) is 0 Å². The molecule has 1 aromatic carbocycles. The van der Waals surface area contributed by atoms with Crippen LogP contribution in [0.3, 0.4) is 0 Å². The molecule has 0 unspecified atom stereocenters. The molecule has 0 fully saturated rings. The predicted octanol–water partition coefficient (Wildman–Crippen LogP) is 0.630. The van der Waals surface area contributed by atoms with E-state index in [2.05, 4.69) is 5.32 Å². The standard InChI is InChI=1S/C18H27N3O4/c1-12(2)9-14(20-16(22)11-19)17(23)21(3)15(18(24)25)10-13-7-5-4-6-8-13/h4-8,12,14-15H,9-11,19H2,1-3H3,(H,20,22)(H,24,25)/t14-,15-/m0/s1. The number of hydrogen-bond donors (Lipinski definition) is 3. The molecule has 25 heavy (non-hydrogen) atoms. The van der Waals surface area contributed by atoms with Crippen LogP contribution in [0.2, 0.25) is 0 Å². The van der Waals surface area contributed by atoms with Gasteiger partial charge in [-0.3, -0.25) is 9.59 Å². The normalized spacial score (nSPS) is 13.2. The van der Waals surface area contributed by atoms with E-state index in [-0.39, 0.29) is 18.9 Å². The Labute approximate surface area is 148 Å².